The Bertz CT molecular complexity index is 686. The Morgan fingerprint density at radius 3 is 2.42 bits per heavy atom. The highest BCUT2D eigenvalue weighted by molar-refractivity contribution is 8.00. The summed E-state index contributed by atoms with van der Waals surface area (Å²) in [6.07, 6.45) is 2.46. The van der Waals surface area contributed by atoms with Crippen molar-refractivity contribution in [2.75, 3.05) is 6.54 Å². The van der Waals surface area contributed by atoms with E-state index in [0.717, 1.165) is 29.7 Å². The Kier molecular flexibility index (Phi) is 5.21. The minimum Gasteiger partial charge on any atom is -0.388 e. The number of carbonyl (C=O) groups excluding carboxylic acids is 1. The van der Waals surface area contributed by atoms with Gasteiger partial charge in [-0.25, -0.2) is 4.39 Å². The molecule has 1 aliphatic carbocycles. The predicted molar refractivity (Wildman–Crippen MR) is 93.3 cm³/mol. The van der Waals surface area contributed by atoms with Crippen molar-refractivity contribution in [2.45, 2.75) is 35.0 Å². The number of hydrogen-bond donors (Lipinski definition) is 2. The summed E-state index contributed by atoms with van der Waals surface area (Å²) >= 11 is 1.37. The zero-order valence-corrected chi connectivity index (χ0v) is 14.1. The van der Waals surface area contributed by atoms with E-state index in [4.69, 9.17) is 0 Å². The summed E-state index contributed by atoms with van der Waals surface area (Å²) in [6, 6.07) is 15.6. The maximum Gasteiger partial charge on any atom is 0.238 e. The molecule has 0 saturated heterocycles. The first-order valence-electron chi connectivity index (χ1n) is 8.03. The molecule has 0 aliphatic heterocycles. The van der Waals surface area contributed by atoms with Crippen molar-refractivity contribution >= 4 is 17.7 Å². The largest absolute Gasteiger partial charge is 0.388 e. The Morgan fingerprint density at radius 2 is 1.83 bits per heavy atom. The number of benzene rings is 2. The van der Waals surface area contributed by atoms with Gasteiger partial charge in [-0.3, -0.25) is 4.79 Å². The SMILES string of the molecule is O=C(NCC1(O)CCC1)C(Sc1ccc(F)cc1)c1ccccc1. The zero-order valence-electron chi connectivity index (χ0n) is 13.2. The quantitative estimate of drug-likeness (QED) is 0.785. The van der Waals surface area contributed by atoms with Gasteiger partial charge in [0.1, 0.15) is 11.1 Å². The van der Waals surface area contributed by atoms with Crippen LogP contribution in [0.5, 0.6) is 0 Å². The molecule has 1 saturated carbocycles. The topological polar surface area (TPSA) is 49.3 Å². The van der Waals surface area contributed by atoms with Crippen molar-refractivity contribution in [3.8, 4) is 0 Å². The van der Waals surface area contributed by atoms with Crippen LogP contribution in [0.3, 0.4) is 0 Å². The predicted octanol–water partition coefficient (Wildman–Crippen LogP) is 3.69. The molecule has 24 heavy (non-hydrogen) atoms. The molecule has 0 aromatic heterocycles. The lowest BCUT2D eigenvalue weighted by Gasteiger charge is -2.36. The summed E-state index contributed by atoms with van der Waals surface area (Å²) in [5.41, 5.74) is 0.127. The van der Waals surface area contributed by atoms with Crippen molar-refractivity contribution in [3.05, 3.63) is 66.0 Å². The van der Waals surface area contributed by atoms with E-state index in [1.165, 1.54) is 23.9 Å². The van der Waals surface area contributed by atoms with Crippen LogP contribution < -0.4 is 5.32 Å². The molecule has 0 bridgehead atoms. The standard InChI is InChI=1S/C19H20FNO2S/c20-15-7-9-16(10-8-15)24-17(14-5-2-1-3-6-14)18(22)21-13-19(23)11-4-12-19/h1-3,5-10,17,23H,4,11-13H2,(H,21,22). The molecular formula is C19H20FNO2S. The number of halogens is 1. The average molecular weight is 345 g/mol. The normalized spacial score (nSPS) is 16.9. The number of rotatable bonds is 6. The van der Waals surface area contributed by atoms with Crippen LogP contribution in [-0.4, -0.2) is 23.2 Å². The molecule has 0 heterocycles. The third-order valence-electron chi connectivity index (χ3n) is 4.28. The lowest BCUT2D eigenvalue weighted by atomic mass is 9.80. The smallest absolute Gasteiger partial charge is 0.238 e. The van der Waals surface area contributed by atoms with Crippen LogP contribution in [0.4, 0.5) is 4.39 Å². The average Bonchev–Trinajstić information content (AvgIpc) is 2.58. The van der Waals surface area contributed by atoms with Crippen molar-refractivity contribution in [1.82, 2.24) is 5.32 Å². The van der Waals surface area contributed by atoms with E-state index in [-0.39, 0.29) is 18.3 Å². The van der Waals surface area contributed by atoms with Crippen molar-refractivity contribution in [2.24, 2.45) is 0 Å². The summed E-state index contributed by atoms with van der Waals surface area (Å²) in [5, 5.41) is 12.6. The van der Waals surface area contributed by atoms with E-state index in [9.17, 15) is 14.3 Å². The Labute approximate surface area is 145 Å². The molecule has 1 atom stereocenters. The maximum atomic E-state index is 13.1. The molecule has 1 unspecified atom stereocenters. The molecule has 0 radical (unpaired) electrons. The van der Waals surface area contributed by atoms with Crippen LogP contribution in [0, 0.1) is 5.82 Å². The molecule has 2 N–H and O–H groups in total. The van der Waals surface area contributed by atoms with Gasteiger partial charge >= 0.3 is 0 Å². The highest BCUT2D eigenvalue weighted by Gasteiger charge is 2.35. The molecule has 2 aromatic rings. The number of thioether (sulfide) groups is 1. The van der Waals surface area contributed by atoms with Gasteiger partial charge in [0.05, 0.1) is 5.60 Å². The molecular weight excluding hydrogens is 325 g/mol. The molecule has 126 valence electrons. The lowest BCUT2D eigenvalue weighted by molar-refractivity contribution is -0.123. The van der Waals surface area contributed by atoms with E-state index in [1.807, 2.05) is 30.3 Å². The summed E-state index contributed by atoms with van der Waals surface area (Å²) in [4.78, 5) is 13.5. The highest BCUT2D eigenvalue weighted by Crippen LogP contribution is 2.36. The second-order valence-corrected chi connectivity index (χ2v) is 7.34. The monoisotopic (exact) mass is 345 g/mol. The number of carbonyl (C=O) groups is 1. The van der Waals surface area contributed by atoms with Gasteiger partial charge in [0.25, 0.3) is 0 Å². The molecule has 3 nitrogen and oxygen atoms in total. The second kappa shape index (κ2) is 7.36. The van der Waals surface area contributed by atoms with Gasteiger partial charge in [-0.2, -0.15) is 0 Å². The van der Waals surface area contributed by atoms with Crippen molar-refractivity contribution in [3.63, 3.8) is 0 Å². The van der Waals surface area contributed by atoms with Gasteiger partial charge in [0.15, 0.2) is 0 Å². The Hall–Kier alpha value is -1.85. The fourth-order valence-electron chi connectivity index (χ4n) is 2.66. The van der Waals surface area contributed by atoms with Gasteiger partial charge in [0, 0.05) is 11.4 Å². The lowest BCUT2D eigenvalue weighted by Crippen LogP contribution is -2.48. The second-order valence-electron chi connectivity index (χ2n) is 6.16. The van der Waals surface area contributed by atoms with Crippen molar-refractivity contribution in [1.29, 1.82) is 0 Å². The maximum absolute atomic E-state index is 13.1. The summed E-state index contributed by atoms with van der Waals surface area (Å²) in [6.45, 7) is 0.277. The first kappa shape index (κ1) is 17.0. The van der Waals surface area contributed by atoms with Crippen LogP contribution in [-0.2, 0) is 4.79 Å². The van der Waals surface area contributed by atoms with Crippen LogP contribution in [0.25, 0.3) is 0 Å². The molecule has 1 aliphatic rings. The fourth-order valence-corrected chi connectivity index (χ4v) is 3.70. The molecule has 5 heteroatoms. The van der Waals surface area contributed by atoms with Crippen LogP contribution >= 0.6 is 11.8 Å². The first-order valence-corrected chi connectivity index (χ1v) is 8.91. The highest BCUT2D eigenvalue weighted by atomic mass is 32.2. The number of hydrogen-bond acceptors (Lipinski definition) is 3. The summed E-state index contributed by atoms with van der Waals surface area (Å²) < 4.78 is 13.1. The van der Waals surface area contributed by atoms with Gasteiger partial charge in [-0.15, -0.1) is 11.8 Å². The Morgan fingerprint density at radius 1 is 1.17 bits per heavy atom. The third kappa shape index (κ3) is 4.16. The van der Waals surface area contributed by atoms with Crippen molar-refractivity contribution < 1.29 is 14.3 Å². The zero-order chi connectivity index (χ0) is 17.0. The van der Waals surface area contributed by atoms with E-state index in [0.29, 0.717) is 0 Å². The Balaban J connectivity index is 1.74. The summed E-state index contributed by atoms with van der Waals surface area (Å²) in [5.74, 6) is -0.442. The fraction of sp³-hybridized carbons (Fsp3) is 0.316. The molecule has 0 spiro atoms. The minimum absolute atomic E-state index is 0.143. The van der Waals surface area contributed by atoms with Gasteiger partial charge < -0.3 is 10.4 Å². The molecule has 1 amide bonds. The summed E-state index contributed by atoms with van der Waals surface area (Å²) in [7, 11) is 0. The molecule has 2 aromatic carbocycles. The molecule has 3 rings (SSSR count). The minimum atomic E-state index is -0.753. The van der Waals surface area contributed by atoms with Crippen LogP contribution in [0.1, 0.15) is 30.1 Å². The van der Waals surface area contributed by atoms with Crippen LogP contribution in [0.2, 0.25) is 0 Å². The van der Waals surface area contributed by atoms with Crippen LogP contribution in [0.15, 0.2) is 59.5 Å². The first-order chi connectivity index (χ1) is 11.6. The van der Waals surface area contributed by atoms with E-state index in [2.05, 4.69) is 5.32 Å². The third-order valence-corrected chi connectivity index (χ3v) is 5.55. The van der Waals surface area contributed by atoms with Gasteiger partial charge in [0.2, 0.25) is 5.91 Å². The van der Waals surface area contributed by atoms with E-state index in [1.54, 1.807) is 12.1 Å². The number of aliphatic hydroxyl groups is 1. The van der Waals surface area contributed by atoms with Gasteiger partial charge in [-0.1, -0.05) is 30.3 Å². The molecule has 1 fully saturated rings. The van der Waals surface area contributed by atoms with E-state index < -0.39 is 10.9 Å². The number of nitrogens with one attached hydrogen (secondary N) is 1. The van der Waals surface area contributed by atoms with E-state index >= 15 is 0 Å². The van der Waals surface area contributed by atoms with Gasteiger partial charge in [-0.05, 0) is 49.1 Å². The number of amides is 1.